The van der Waals surface area contributed by atoms with Gasteiger partial charge in [0.2, 0.25) is 0 Å². The molecule has 1 spiro atoms. The van der Waals surface area contributed by atoms with Crippen molar-refractivity contribution in [3.63, 3.8) is 0 Å². The van der Waals surface area contributed by atoms with Crippen LogP contribution in [0, 0.1) is 0 Å². The van der Waals surface area contributed by atoms with Crippen LogP contribution in [0.15, 0.2) is 0 Å². The highest BCUT2D eigenvalue weighted by atomic mass is 32.2. The van der Waals surface area contributed by atoms with E-state index in [0.717, 1.165) is 0 Å². The summed E-state index contributed by atoms with van der Waals surface area (Å²) in [6, 6.07) is 0. The van der Waals surface area contributed by atoms with Gasteiger partial charge in [-0.3, -0.25) is 4.55 Å². The molecule has 0 unspecified atom stereocenters. The molecule has 0 saturated carbocycles. The maximum atomic E-state index is 13.9. The summed E-state index contributed by atoms with van der Waals surface area (Å²) in [5.41, 5.74) is 0. The van der Waals surface area contributed by atoms with Gasteiger partial charge in [-0.25, -0.2) is 8.42 Å². The molecule has 8 nitrogen and oxygen atoms in total. The summed E-state index contributed by atoms with van der Waals surface area (Å²) in [6.07, 6.45) is -0.662. The lowest BCUT2D eigenvalue weighted by atomic mass is 10.1. The summed E-state index contributed by atoms with van der Waals surface area (Å²) in [5.74, 6) is -8.22. The number of sulfonamides is 1. The lowest BCUT2D eigenvalue weighted by Crippen LogP contribution is -2.64. The van der Waals surface area contributed by atoms with Crippen LogP contribution in [0.1, 0.15) is 12.8 Å². The Bertz CT molecular complexity index is 753. The molecular weight excluding hydrogens is 424 g/mol. The van der Waals surface area contributed by atoms with Crippen molar-refractivity contribution >= 4 is 20.1 Å². The molecule has 2 rings (SSSR count). The van der Waals surface area contributed by atoms with Gasteiger partial charge in [0.1, 0.15) is 0 Å². The van der Waals surface area contributed by atoms with E-state index in [1.807, 2.05) is 0 Å². The fourth-order valence-corrected chi connectivity index (χ4v) is 4.46. The Labute approximate surface area is 143 Å². The first-order valence-corrected chi connectivity index (χ1v) is 9.78. The molecule has 0 radical (unpaired) electrons. The molecule has 2 heterocycles. The van der Waals surface area contributed by atoms with Crippen molar-refractivity contribution in [2.75, 3.05) is 26.3 Å². The SMILES string of the molecule is O=S(=O)(O)C(F)(F)C(F)(F)C(F)(F)S(=O)(=O)N1CCC2(CC1)OCCO2. The first-order chi connectivity index (χ1) is 11.5. The van der Waals surface area contributed by atoms with Crippen molar-refractivity contribution in [1.29, 1.82) is 0 Å². The normalized spacial score (nSPS) is 23.5. The zero-order chi connectivity index (χ0) is 20.2. The molecule has 0 amide bonds. The molecule has 0 aromatic rings. The van der Waals surface area contributed by atoms with E-state index in [9.17, 15) is 43.2 Å². The highest BCUT2D eigenvalue weighted by Gasteiger charge is 2.82. The molecule has 0 aliphatic carbocycles. The molecule has 154 valence electrons. The molecular formula is C10H13F6NO7S2. The second-order valence-corrected chi connectivity index (χ2v) is 9.04. The molecule has 1 N–H and O–H groups in total. The number of nitrogens with zero attached hydrogens (tertiary/aromatic N) is 1. The van der Waals surface area contributed by atoms with Crippen LogP contribution in [0.25, 0.3) is 0 Å². The molecule has 0 bridgehead atoms. The first kappa shape index (κ1) is 21.6. The molecule has 0 atom stereocenters. The molecule has 2 aliphatic rings. The Kier molecular flexibility index (Phi) is 5.13. The van der Waals surface area contributed by atoms with E-state index in [-0.39, 0.29) is 30.4 Å². The maximum Gasteiger partial charge on any atom is 0.439 e. The summed E-state index contributed by atoms with van der Waals surface area (Å²) in [7, 11) is -13.5. The van der Waals surface area contributed by atoms with Gasteiger partial charge in [0.05, 0.1) is 13.2 Å². The Morgan fingerprint density at radius 1 is 0.846 bits per heavy atom. The third kappa shape index (κ3) is 2.99. The molecule has 0 aromatic heterocycles. The van der Waals surface area contributed by atoms with Gasteiger partial charge in [0, 0.05) is 25.9 Å². The van der Waals surface area contributed by atoms with E-state index in [1.54, 1.807) is 0 Å². The summed E-state index contributed by atoms with van der Waals surface area (Å²) in [5, 5.41) is -13.3. The van der Waals surface area contributed by atoms with Gasteiger partial charge >= 0.3 is 26.5 Å². The number of hydrogen-bond acceptors (Lipinski definition) is 6. The highest BCUT2D eigenvalue weighted by Crippen LogP contribution is 2.51. The van der Waals surface area contributed by atoms with Crippen molar-refractivity contribution in [3.8, 4) is 0 Å². The summed E-state index contributed by atoms with van der Waals surface area (Å²) < 4.78 is 144. The van der Waals surface area contributed by atoms with Crippen LogP contribution in [0.4, 0.5) is 26.3 Å². The van der Waals surface area contributed by atoms with Crippen molar-refractivity contribution in [1.82, 2.24) is 4.31 Å². The minimum Gasteiger partial charge on any atom is -0.347 e. The first-order valence-electron chi connectivity index (χ1n) is 6.90. The Morgan fingerprint density at radius 3 is 1.65 bits per heavy atom. The summed E-state index contributed by atoms with van der Waals surface area (Å²) >= 11 is 0. The van der Waals surface area contributed by atoms with Crippen molar-refractivity contribution < 1.29 is 57.2 Å². The number of alkyl halides is 6. The van der Waals surface area contributed by atoms with Gasteiger partial charge < -0.3 is 9.47 Å². The lowest BCUT2D eigenvalue weighted by molar-refractivity contribution is -0.247. The van der Waals surface area contributed by atoms with Gasteiger partial charge in [0.25, 0.3) is 10.0 Å². The zero-order valence-corrected chi connectivity index (χ0v) is 14.3. The third-order valence-corrected chi connectivity index (χ3v) is 6.87. The second kappa shape index (κ2) is 6.16. The van der Waals surface area contributed by atoms with Gasteiger partial charge in [-0.05, 0) is 0 Å². The minimum absolute atomic E-state index is 0.140. The van der Waals surface area contributed by atoms with E-state index in [2.05, 4.69) is 0 Å². The predicted octanol–water partition coefficient (Wildman–Crippen LogP) is 0.864. The van der Waals surface area contributed by atoms with E-state index in [4.69, 9.17) is 14.0 Å². The molecule has 16 heteroatoms. The van der Waals surface area contributed by atoms with E-state index in [1.165, 1.54) is 0 Å². The Morgan fingerprint density at radius 2 is 1.27 bits per heavy atom. The molecule has 2 aliphatic heterocycles. The smallest absolute Gasteiger partial charge is 0.347 e. The largest absolute Gasteiger partial charge is 0.439 e. The van der Waals surface area contributed by atoms with Crippen LogP contribution in [-0.2, 0) is 29.6 Å². The molecule has 2 saturated heterocycles. The Hall–Kier alpha value is -0.680. The van der Waals surface area contributed by atoms with Crippen LogP contribution in [0.3, 0.4) is 0 Å². The minimum atomic E-state index is -7.04. The zero-order valence-electron chi connectivity index (χ0n) is 12.7. The lowest BCUT2D eigenvalue weighted by Gasteiger charge is -2.39. The second-order valence-electron chi connectivity index (χ2n) is 5.59. The number of ether oxygens (including phenoxy) is 2. The Balaban J connectivity index is 2.32. The van der Waals surface area contributed by atoms with Crippen molar-refractivity contribution in [2.24, 2.45) is 0 Å². The number of piperidine rings is 1. The average molecular weight is 437 g/mol. The van der Waals surface area contributed by atoms with Crippen LogP contribution in [-0.4, -0.2) is 74.2 Å². The van der Waals surface area contributed by atoms with E-state index in [0.29, 0.717) is 0 Å². The maximum absolute atomic E-state index is 13.9. The van der Waals surface area contributed by atoms with Gasteiger partial charge in [0.15, 0.2) is 5.79 Å². The van der Waals surface area contributed by atoms with Gasteiger partial charge in [-0.2, -0.15) is 39.1 Å². The van der Waals surface area contributed by atoms with E-state index >= 15 is 0 Å². The van der Waals surface area contributed by atoms with Gasteiger partial charge in [-0.1, -0.05) is 0 Å². The standard InChI is InChI=1S/C10H13F6NO7S2/c11-8(12,10(15,16)26(20,21)22)9(13,14)25(18,19)17-3-1-7(2-4-17)23-5-6-24-7/h1-6H2,(H,20,21,22). The van der Waals surface area contributed by atoms with Crippen LogP contribution < -0.4 is 0 Å². The monoisotopic (exact) mass is 437 g/mol. The molecule has 0 aromatic carbocycles. The van der Waals surface area contributed by atoms with Crippen LogP contribution in [0.2, 0.25) is 0 Å². The quantitative estimate of drug-likeness (QED) is 0.502. The fourth-order valence-electron chi connectivity index (χ4n) is 2.51. The topological polar surface area (TPSA) is 110 Å². The van der Waals surface area contributed by atoms with Crippen LogP contribution in [0.5, 0.6) is 0 Å². The number of hydrogen-bond donors (Lipinski definition) is 1. The van der Waals surface area contributed by atoms with Gasteiger partial charge in [-0.15, -0.1) is 0 Å². The van der Waals surface area contributed by atoms with Crippen molar-refractivity contribution in [3.05, 3.63) is 0 Å². The third-order valence-electron chi connectivity index (χ3n) is 4.02. The average Bonchev–Trinajstić information content (AvgIpc) is 2.94. The van der Waals surface area contributed by atoms with E-state index < -0.39 is 55.4 Å². The molecule has 26 heavy (non-hydrogen) atoms. The number of rotatable bonds is 5. The van der Waals surface area contributed by atoms with Crippen molar-refractivity contribution in [2.45, 2.75) is 35.1 Å². The van der Waals surface area contributed by atoms with Crippen LogP contribution >= 0.6 is 0 Å². The predicted molar refractivity (Wildman–Crippen MR) is 70.8 cm³/mol. The fraction of sp³-hybridized carbons (Fsp3) is 1.00. The summed E-state index contributed by atoms with van der Waals surface area (Å²) in [6.45, 7) is -1.35. The molecule has 2 fully saturated rings. The number of halogens is 6. The highest BCUT2D eigenvalue weighted by molar-refractivity contribution is 7.90. The summed E-state index contributed by atoms with van der Waals surface area (Å²) in [4.78, 5) is 0.